The zero-order valence-corrected chi connectivity index (χ0v) is 17.1. The number of amides is 2. The van der Waals surface area contributed by atoms with Crippen molar-refractivity contribution in [1.82, 2.24) is 0 Å². The van der Waals surface area contributed by atoms with Gasteiger partial charge >= 0.3 is 12.3 Å². The number of carbonyl (C=O) groups excluding carboxylic acids is 2. The predicted molar refractivity (Wildman–Crippen MR) is 107 cm³/mol. The first-order chi connectivity index (χ1) is 13.8. The molecule has 0 bridgehead atoms. The van der Waals surface area contributed by atoms with E-state index in [4.69, 9.17) is 21.1 Å². The molecule has 2 N–H and O–H groups in total. The Morgan fingerprint density at radius 1 is 1.00 bits per heavy atom. The van der Waals surface area contributed by atoms with Crippen LogP contribution in [0.1, 0.15) is 31.1 Å². The summed E-state index contributed by atoms with van der Waals surface area (Å²) in [4.78, 5) is 24.2. The van der Waals surface area contributed by atoms with Crippen LogP contribution < -0.4 is 15.4 Å². The molecule has 0 aliphatic rings. The molecule has 2 aromatic carbocycles. The van der Waals surface area contributed by atoms with E-state index in [0.717, 1.165) is 0 Å². The smallest absolute Gasteiger partial charge is 0.422 e. The average molecular weight is 445 g/mol. The van der Waals surface area contributed by atoms with E-state index in [0.29, 0.717) is 5.69 Å². The van der Waals surface area contributed by atoms with Crippen LogP contribution >= 0.6 is 11.6 Å². The van der Waals surface area contributed by atoms with E-state index in [-0.39, 0.29) is 22.0 Å². The summed E-state index contributed by atoms with van der Waals surface area (Å²) >= 11 is 5.87. The molecule has 0 unspecified atom stereocenters. The molecular formula is C20H20ClF3N2O4. The van der Waals surface area contributed by atoms with Crippen molar-refractivity contribution in [3.63, 3.8) is 0 Å². The first-order valence-electron chi connectivity index (χ1n) is 8.73. The second-order valence-electron chi connectivity index (χ2n) is 7.20. The number of hydrogen-bond acceptors (Lipinski definition) is 4. The largest absolute Gasteiger partial charge is 0.482 e. The molecule has 0 aliphatic heterocycles. The van der Waals surface area contributed by atoms with Crippen LogP contribution in [0.15, 0.2) is 42.5 Å². The molecule has 10 heteroatoms. The quantitative estimate of drug-likeness (QED) is 0.603. The second kappa shape index (κ2) is 9.25. The highest BCUT2D eigenvalue weighted by Gasteiger charge is 2.29. The van der Waals surface area contributed by atoms with Crippen molar-refractivity contribution >= 4 is 35.0 Å². The van der Waals surface area contributed by atoms with Crippen molar-refractivity contribution in [2.24, 2.45) is 0 Å². The molecule has 0 aromatic heterocycles. The van der Waals surface area contributed by atoms with Crippen molar-refractivity contribution < 1.29 is 32.2 Å². The number of ether oxygens (including phenoxy) is 2. The van der Waals surface area contributed by atoms with E-state index in [9.17, 15) is 22.8 Å². The van der Waals surface area contributed by atoms with Crippen LogP contribution in [0.4, 0.5) is 29.3 Å². The molecule has 2 rings (SSSR count). The topological polar surface area (TPSA) is 76.7 Å². The van der Waals surface area contributed by atoms with Gasteiger partial charge < -0.3 is 14.8 Å². The van der Waals surface area contributed by atoms with Gasteiger partial charge in [0, 0.05) is 16.3 Å². The first kappa shape index (κ1) is 23.3. The maximum atomic E-state index is 12.5. The fraction of sp³-hybridized carbons (Fsp3) is 0.300. The maximum absolute atomic E-state index is 12.5. The van der Waals surface area contributed by atoms with Crippen molar-refractivity contribution in [3.05, 3.63) is 53.1 Å². The fourth-order valence-electron chi connectivity index (χ4n) is 2.21. The van der Waals surface area contributed by atoms with Gasteiger partial charge in [0.25, 0.3) is 5.91 Å². The van der Waals surface area contributed by atoms with Gasteiger partial charge in [-0.1, -0.05) is 11.6 Å². The molecule has 6 nitrogen and oxygen atoms in total. The van der Waals surface area contributed by atoms with Crippen LogP contribution in [0.2, 0.25) is 5.02 Å². The standard InChI is InChI=1S/C20H20ClF3N2O4/c1-19(2,3)30-18(28)25-14-7-4-12(5-8-14)17(27)26-15-10-13(21)6-9-16(15)29-11-20(22,23)24/h4-10H,11H2,1-3H3,(H,25,28)(H,26,27). The Bertz CT molecular complexity index is 910. The zero-order valence-electron chi connectivity index (χ0n) is 16.4. The highest BCUT2D eigenvalue weighted by atomic mass is 35.5. The Morgan fingerprint density at radius 3 is 2.20 bits per heavy atom. The Kier molecular flexibility index (Phi) is 7.20. The number of nitrogens with one attached hydrogen (secondary N) is 2. The molecule has 2 amide bonds. The Balaban J connectivity index is 2.07. The summed E-state index contributed by atoms with van der Waals surface area (Å²) in [5.74, 6) is -0.772. The summed E-state index contributed by atoms with van der Waals surface area (Å²) in [6.07, 6.45) is -5.18. The monoisotopic (exact) mass is 444 g/mol. The van der Waals surface area contributed by atoms with Gasteiger partial charge in [-0.05, 0) is 63.2 Å². The molecular weight excluding hydrogens is 425 g/mol. The van der Waals surface area contributed by atoms with Crippen LogP contribution in [0, 0.1) is 0 Å². The third-order valence-electron chi connectivity index (χ3n) is 3.37. The summed E-state index contributed by atoms with van der Waals surface area (Å²) in [5.41, 5.74) is -0.0656. The van der Waals surface area contributed by atoms with E-state index in [1.807, 2.05) is 0 Å². The average Bonchev–Trinajstić information content (AvgIpc) is 2.59. The SMILES string of the molecule is CC(C)(C)OC(=O)Nc1ccc(C(=O)Nc2cc(Cl)ccc2OCC(F)(F)F)cc1. The van der Waals surface area contributed by atoms with Gasteiger partial charge in [-0.15, -0.1) is 0 Å². The summed E-state index contributed by atoms with van der Waals surface area (Å²) < 4.78 is 47.1. The highest BCUT2D eigenvalue weighted by molar-refractivity contribution is 6.31. The third kappa shape index (κ3) is 7.82. The molecule has 2 aromatic rings. The number of alkyl halides is 3. The van der Waals surface area contributed by atoms with E-state index < -0.39 is 30.4 Å². The van der Waals surface area contributed by atoms with Crippen LogP contribution in [0.5, 0.6) is 5.75 Å². The van der Waals surface area contributed by atoms with Crippen molar-refractivity contribution in [2.45, 2.75) is 32.5 Å². The van der Waals surface area contributed by atoms with Gasteiger partial charge in [0.05, 0.1) is 5.69 Å². The number of hydrogen-bond donors (Lipinski definition) is 2. The van der Waals surface area contributed by atoms with Gasteiger partial charge in [-0.3, -0.25) is 10.1 Å². The Hall–Kier alpha value is -2.94. The van der Waals surface area contributed by atoms with E-state index in [2.05, 4.69) is 10.6 Å². The number of rotatable bonds is 5. The normalized spacial score (nSPS) is 11.6. The molecule has 0 saturated carbocycles. The van der Waals surface area contributed by atoms with Gasteiger partial charge in [0.2, 0.25) is 0 Å². The van der Waals surface area contributed by atoms with Gasteiger partial charge in [0.15, 0.2) is 6.61 Å². The van der Waals surface area contributed by atoms with Crippen LogP contribution in [0.3, 0.4) is 0 Å². The minimum atomic E-state index is -4.53. The van der Waals surface area contributed by atoms with Crippen LogP contribution in [-0.2, 0) is 4.74 Å². The highest BCUT2D eigenvalue weighted by Crippen LogP contribution is 2.30. The first-order valence-corrected chi connectivity index (χ1v) is 9.11. The van der Waals surface area contributed by atoms with Crippen molar-refractivity contribution in [3.8, 4) is 5.75 Å². The number of carbonyl (C=O) groups is 2. The molecule has 0 saturated heterocycles. The number of anilines is 2. The predicted octanol–water partition coefficient (Wildman–Crippen LogP) is 5.88. The van der Waals surface area contributed by atoms with Crippen molar-refractivity contribution in [1.29, 1.82) is 0 Å². The number of halogens is 4. The lowest BCUT2D eigenvalue weighted by molar-refractivity contribution is -0.153. The lowest BCUT2D eigenvalue weighted by Gasteiger charge is -2.19. The molecule has 0 fully saturated rings. The second-order valence-corrected chi connectivity index (χ2v) is 7.64. The van der Waals surface area contributed by atoms with E-state index >= 15 is 0 Å². The van der Waals surface area contributed by atoms with E-state index in [1.54, 1.807) is 20.8 Å². The zero-order chi connectivity index (χ0) is 22.5. The van der Waals surface area contributed by atoms with Crippen molar-refractivity contribution in [2.75, 3.05) is 17.2 Å². The van der Waals surface area contributed by atoms with E-state index in [1.165, 1.54) is 42.5 Å². The molecule has 0 atom stereocenters. The maximum Gasteiger partial charge on any atom is 0.422 e. The van der Waals surface area contributed by atoms with Gasteiger partial charge in [0.1, 0.15) is 11.4 Å². The third-order valence-corrected chi connectivity index (χ3v) is 3.61. The Morgan fingerprint density at radius 2 is 1.63 bits per heavy atom. The minimum absolute atomic E-state index is 0.00675. The lowest BCUT2D eigenvalue weighted by Crippen LogP contribution is -2.27. The minimum Gasteiger partial charge on any atom is -0.482 e. The summed E-state index contributed by atoms with van der Waals surface area (Å²) in [7, 11) is 0. The molecule has 30 heavy (non-hydrogen) atoms. The van der Waals surface area contributed by atoms with Gasteiger partial charge in [-0.2, -0.15) is 13.2 Å². The molecule has 162 valence electrons. The molecule has 0 spiro atoms. The number of benzene rings is 2. The summed E-state index contributed by atoms with van der Waals surface area (Å²) in [6.45, 7) is 3.66. The summed E-state index contributed by atoms with van der Waals surface area (Å²) in [5, 5.41) is 5.20. The van der Waals surface area contributed by atoms with Gasteiger partial charge in [-0.25, -0.2) is 4.79 Å². The molecule has 0 radical (unpaired) electrons. The fourth-order valence-corrected chi connectivity index (χ4v) is 2.38. The Labute approximate surface area is 176 Å². The lowest BCUT2D eigenvalue weighted by atomic mass is 10.2. The molecule has 0 aliphatic carbocycles. The van der Waals surface area contributed by atoms with Crippen LogP contribution in [-0.4, -0.2) is 30.4 Å². The summed E-state index contributed by atoms with van der Waals surface area (Å²) in [6, 6.07) is 9.70. The molecule has 0 heterocycles. The van der Waals surface area contributed by atoms with Crippen LogP contribution in [0.25, 0.3) is 0 Å².